The van der Waals surface area contributed by atoms with E-state index in [9.17, 15) is 8.42 Å². The molecular formula is C11H14ClNO2S. The molecule has 88 valence electrons. The van der Waals surface area contributed by atoms with E-state index < -0.39 is 10.0 Å². The highest BCUT2D eigenvalue weighted by molar-refractivity contribution is 7.89. The highest BCUT2D eigenvalue weighted by Gasteiger charge is 2.24. The average Bonchev–Trinajstić information content (AvgIpc) is 2.58. The van der Waals surface area contributed by atoms with E-state index in [2.05, 4.69) is 4.72 Å². The number of halogens is 1. The van der Waals surface area contributed by atoms with Crippen LogP contribution in [0.2, 0.25) is 0 Å². The van der Waals surface area contributed by atoms with E-state index in [1.54, 1.807) is 0 Å². The summed E-state index contributed by atoms with van der Waals surface area (Å²) in [6, 6.07) is 8.05. The summed E-state index contributed by atoms with van der Waals surface area (Å²) in [7, 11) is -3.21. The Hall–Kier alpha value is -0.580. The quantitative estimate of drug-likeness (QED) is 0.829. The minimum atomic E-state index is -3.21. The van der Waals surface area contributed by atoms with Gasteiger partial charge in [0.2, 0.25) is 10.0 Å². The third-order valence-electron chi connectivity index (χ3n) is 2.74. The van der Waals surface area contributed by atoms with Gasteiger partial charge in [0.1, 0.15) is 0 Å². The molecule has 0 heterocycles. The summed E-state index contributed by atoms with van der Waals surface area (Å²) in [6.07, 6.45) is 1.55. The van der Waals surface area contributed by atoms with Crippen LogP contribution < -0.4 is 4.72 Å². The first-order valence-corrected chi connectivity index (χ1v) is 7.42. The van der Waals surface area contributed by atoms with Crippen LogP contribution in [0.25, 0.3) is 0 Å². The predicted molar refractivity (Wildman–Crippen MR) is 65.3 cm³/mol. The van der Waals surface area contributed by atoms with Crippen molar-refractivity contribution in [3.63, 3.8) is 0 Å². The van der Waals surface area contributed by atoms with Gasteiger partial charge >= 0.3 is 0 Å². The maximum absolute atomic E-state index is 11.5. The van der Waals surface area contributed by atoms with Gasteiger partial charge in [0.05, 0.1) is 5.75 Å². The van der Waals surface area contributed by atoms with E-state index in [1.807, 2.05) is 24.3 Å². The molecule has 0 saturated heterocycles. The van der Waals surface area contributed by atoms with Crippen LogP contribution in [0.4, 0.5) is 0 Å². The van der Waals surface area contributed by atoms with Gasteiger partial charge in [-0.3, -0.25) is 0 Å². The predicted octanol–water partition coefficient (Wildman–Crippen LogP) is 1.31. The van der Waals surface area contributed by atoms with E-state index in [0.717, 1.165) is 12.8 Å². The van der Waals surface area contributed by atoms with Crippen molar-refractivity contribution in [1.29, 1.82) is 0 Å². The number of hydrogen-bond acceptors (Lipinski definition) is 2. The molecule has 2 rings (SSSR count). The smallest absolute Gasteiger partial charge is 0.212 e. The van der Waals surface area contributed by atoms with Crippen molar-refractivity contribution in [2.24, 2.45) is 0 Å². The Labute approximate surface area is 101 Å². The third kappa shape index (κ3) is 2.75. The molecule has 1 aliphatic carbocycles. The summed E-state index contributed by atoms with van der Waals surface area (Å²) in [4.78, 5) is 0. The average molecular weight is 260 g/mol. The lowest BCUT2D eigenvalue weighted by Crippen LogP contribution is -2.37. The summed E-state index contributed by atoms with van der Waals surface area (Å²) in [5.74, 6) is 0.121. The molecule has 5 heteroatoms. The molecule has 0 amide bonds. The fourth-order valence-corrected chi connectivity index (χ4v) is 3.66. The molecule has 0 radical (unpaired) electrons. The Bertz CT molecular complexity index is 448. The molecule has 0 unspecified atom stereocenters. The molecule has 0 bridgehead atoms. The molecule has 0 aliphatic heterocycles. The Morgan fingerprint density at radius 1 is 1.25 bits per heavy atom. The van der Waals surface area contributed by atoms with Crippen LogP contribution in [-0.2, 0) is 22.9 Å². The Balaban J connectivity index is 2.02. The van der Waals surface area contributed by atoms with E-state index in [-0.39, 0.29) is 17.7 Å². The number of benzene rings is 1. The van der Waals surface area contributed by atoms with Crippen LogP contribution >= 0.6 is 11.6 Å². The lowest BCUT2D eigenvalue weighted by Gasteiger charge is -2.11. The highest BCUT2D eigenvalue weighted by Crippen LogP contribution is 2.21. The first-order valence-electron chi connectivity index (χ1n) is 5.23. The second-order valence-corrected chi connectivity index (χ2v) is 6.25. The van der Waals surface area contributed by atoms with Crippen molar-refractivity contribution in [2.45, 2.75) is 18.9 Å². The molecule has 1 aromatic carbocycles. The van der Waals surface area contributed by atoms with Crippen LogP contribution in [-0.4, -0.2) is 26.1 Å². The first-order chi connectivity index (χ1) is 7.61. The van der Waals surface area contributed by atoms with Crippen molar-refractivity contribution >= 4 is 21.6 Å². The summed E-state index contributed by atoms with van der Waals surface area (Å²) < 4.78 is 25.8. The molecular weight excluding hydrogens is 246 g/mol. The van der Waals surface area contributed by atoms with Gasteiger partial charge < -0.3 is 0 Å². The fraction of sp³-hybridized carbons (Fsp3) is 0.455. The van der Waals surface area contributed by atoms with Crippen molar-refractivity contribution < 1.29 is 8.42 Å². The molecule has 0 atom stereocenters. The van der Waals surface area contributed by atoms with Crippen LogP contribution in [0, 0.1) is 0 Å². The number of hydrogen-bond donors (Lipinski definition) is 1. The fourth-order valence-electron chi connectivity index (χ4n) is 2.06. The van der Waals surface area contributed by atoms with Crippen LogP contribution in [0.15, 0.2) is 24.3 Å². The zero-order chi connectivity index (χ0) is 11.6. The standard InChI is InChI=1S/C11H14ClNO2S/c12-5-6-16(14,15)13-11-7-9-3-1-2-4-10(9)8-11/h1-4,11,13H,5-8H2. The van der Waals surface area contributed by atoms with Gasteiger partial charge in [-0.25, -0.2) is 13.1 Å². The van der Waals surface area contributed by atoms with Gasteiger partial charge in [0.25, 0.3) is 0 Å². The SMILES string of the molecule is O=S(=O)(CCCl)NC1Cc2ccccc2C1. The molecule has 1 aliphatic rings. The van der Waals surface area contributed by atoms with Gasteiger partial charge in [-0.05, 0) is 24.0 Å². The number of sulfonamides is 1. The molecule has 0 aromatic heterocycles. The molecule has 0 fully saturated rings. The summed E-state index contributed by atoms with van der Waals surface area (Å²) in [5.41, 5.74) is 2.47. The summed E-state index contributed by atoms with van der Waals surface area (Å²) in [6.45, 7) is 0. The molecule has 1 N–H and O–H groups in total. The van der Waals surface area contributed by atoms with Gasteiger partial charge in [-0.15, -0.1) is 11.6 Å². The zero-order valence-corrected chi connectivity index (χ0v) is 10.4. The maximum Gasteiger partial charge on any atom is 0.213 e. The minimum absolute atomic E-state index is 0.00869. The Morgan fingerprint density at radius 3 is 2.31 bits per heavy atom. The molecule has 3 nitrogen and oxygen atoms in total. The summed E-state index contributed by atoms with van der Waals surface area (Å²) in [5, 5.41) is 0. The van der Waals surface area contributed by atoms with Crippen molar-refractivity contribution in [1.82, 2.24) is 4.72 Å². The van der Waals surface area contributed by atoms with Crippen LogP contribution in [0.1, 0.15) is 11.1 Å². The second-order valence-electron chi connectivity index (χ2n) is 4.00. The minimum Gasteiger partial charge on any atom is -0.212 e. The third-order valence-corrected chi connectivity index (χ3v) is 4.59. The van der Waals surface area contributed by atoms with Gasteiger partial charge in [0, 0.05) is 11.9 Å². The van der Waals surface area contributed by atoms with Crippen molar-refractivity contribution in [3.05, 3.63) is 35.4 Å². The Kier molecular flexibility index (Phi) is 3.52. The molecule has 16 heavy (non-hydrogen) atoms. The zero-order valence-electron chi connectivity index (χ0n) is 8.82. The molecule has 1 aromatic rings. The van der Waals surface area contributed by atoms with E-state index >= 15 is 0 Å². The summed E-state index contributed by atoms with van der Waals surface area (Å²) >= 11 is 5.44. The van der Waals surface area contributed by atoms with Crippen molar-refractivity contribution in [3.8, 4) is 0 Å². The number of rotatable bonds is 4. The monoisotopic (exact) mass is 259 g/mol. The molecule has 0 spiro atoms. The Morgan fingerprint density at radius 2 is 1.81 bits per heavy atom. The number of fused-ring (bicyclic) bond motifs is 1. The lowest BCUT2D eigenvalue weighted by atomic mass is 10.1. The molecule has 0 saturated carbocycles. The van der Waals surface area contributed by atoms with Gasteiger partial charge in [-0.1, -0.05) is 24.3 Å². The second kappa shape index (κ2) is 4.73. The maximum atomic E-state index is 11.5. The van der Waals surface area contributed by atoms with Gasteiger partial charge in [0.15, 0.2) is 0 Å². The van der Waals surface area contributed by atoms with Gasteiger partial charge in [-0.2, -0.15) is 0 Å². The van der Waals surface area contributed by atoms with Crippen LogP contribution in [0.3, 0.4) is 0 Å². The normalized spacial score (nSPS) is 16.3. The number of nitrogens with one attached hydrogen (secondary N) is 1. The van der Waals surface area contributed by atoms with Crippen molar-refractivity contribution in [2.75, 3.05) is 11.6 Å². The van der Waals surface area contributed by atoms with E-state index in [4.69, 9.17) is 11.6 Å². The van der Waals surface area contributed by atoms with Crippen LogP contribution in [0.5, 0.6) is 0 Å². The lowest BCUT2D eigenvalue weighted by molar-refractivity contribution is 0.557. The topological polar surface area (TPSA) is 46.2 Å². The van der Waals surface area contributed by atoms with E-state index in [1.165, 1.54) is 11.1 Å². The van der Waals surface area contributed by atoms with E-state index in [0.29, 0.717) is 0 Å². The first kappa shape index (κ1) is 11.9. The largest absolute Gasteiger partial charge is 0.213 e. The highest BCUT2D eigenvalue weighted by atomic mass is 35.5. The number of alkyl halides is 1.